The van der Waals surface area contributed by atoms with Gasteiger partial charge in [0.1, 0.15) is 11.5 Å². The molecule has 2 aromatic rings. The highest BCUT2D eigenvalue weighted by atomic mass is 16.5. The first kappa shape index (κ1) is 22.9. The summed E-state index contributed by atoms with van der Waals surface area (Å²) in [7, 11) is 0. The molecule has 0 radical (unpaired) electrons. The lowest BCUT2D eigenvalue weighted by Crippen LogP contribution is -2.43. The maximum atomic E-state index is 12.9. The second-order valence-corrected chi connectivity index (χ2v) is 8.42. The molecule has 2 aliphatic rings. The molecule has 1 heterocycles. The molecule has 0 saturated carbocycles. The molecule has 1 aliphatic heterocycles. The largest absolute Gasteiger partial charge is 0.507 e. The Morgan fingerprint density at radius 1 is 0.909 bits per heavy atom. The van der Waals surface area contributed by atoms with Crippen LogP contribution < -0.4 is 5.32 Å². The van der Waals surface area contributed by atoms with Gasteiger partial charge in [0, 0.05) is 37.3 Å². The number of phenolic OH excluding ortho intramolecular Hbond substituents is 2. The molecule has 8 nitrogen and oxygen atoms in total. The Morgan fingerprint density at radius 2 is 1.64 bits per heavy atom. The number of nitrogens with one attached hydrogen (secondary N) is 1. The van der Waals surface area contributed by atoms with Crippen molar-refractivity contribution in [3.05, 3.63) is 58.1 Å². The number of piperazine rings is 1. The number of phenols is 2. The number of ketones is 2. The van der Waals surface area contributed by atoms with E-state index in [9.17, 15) is 24.6 Å². The Kier molecular flexibility index (Phi) is 7.05. The van der Waals surface area contributed by atoms with Gasteiger partial charge in [0.15, 0.2) is 5.78 Å². The van der Waals surface area contributed by atoms with E-state index < -0.39 is 23.3 Å². The highest BCUT2D eigenvalue weighted by Crippen LogP contribution is 2.37. The van der Waals surface area contributed by atoms with Crippen molar-refractivity contribution in [2.45, 2.75) is 25.7 Å². The highest BCUT2D eigenvalue weighted by molar-refractivity contribution is 6.30. The van der Waals surface area contributed by atoms with E-state index in [1.54, 1.807) is 0 Å². The molecule has 4 rings (SSSR count). The Labute approximate surface area is 192 Å². The maximum absolute atomic E-state index is 12.9. The van der Waals surface area contributed by atoms with Crippen LogP contribution in [0, 0.1) is 0 Å². The molecule has 1 fully saturated rings. The molecule has 0 bridgehead atoms. The van der Waals surface area contributed by atoms with Crippen molar-refractivity contribution in [2.75, 3.05) is 39.3 Å². The number of ether oxygens (including phenoxy) is 1. The normalized spacial score (nSPS) is 15.8. The van der Waals surface area contributed by atoms with E-state index in [0.29, 0.717) is 0 Å². The standard InChI is InChI=1S/C25H28N2O6/c28-19-7-5-6-17-21(19)24(31)22-18(23(17)30)14-16(15-20(22)29)25(32)33-13-4-2-1-3-10-27-11-8-26-9-12-27/h5-7,14-15,26,28-29H,1-4,8-13H2. The van der Waals surface area contributed by atoms with Crippen LogP contribution >= 0.6 is 0 Å². The number of hydrogen-bond donors (Lipinski definition) is 3. The van der Waals surface area contributed by atoms with Crippen molar-refractivity contribution < 1.29 is 29.3 Å². The van der Waals surface area contributed by atoms with Gasteiger partial charge in [-0.3, -0.25) is 9.59 Å². The van der Waals surface area contributed by atoms with Gasteiger partial charge in [0.05, 0.1) is 23.3 Å². The molecule has 0 atom stereocenters. The van der Waals surface area contributed by atoms with Crippen LogP contribution in [0.1, 0.15) is 67.9 Å². The number of benzene rings is 2. The summed E-state index contributed by atoms with van der Waals surface area (Å²) in [6.45, 7) is 5.60. The molecular weight excluding hydrogens is 424 g/mol. The molecular formula is C25H28N2O6. The molecule has 3 N–H and O–H groups in total. The lowest BCUT2D eigenvalue weighted by atomic mass is 9.82. The molecule has 2 aromatic carbocycles. The number of rotatable bonds is 8. The van der Waals surface area contributed by atoms with Crippen LogP contribution in [0.2, 0.25) is 0 Å². The van der Waals surface area contributed by atoms with Crippen LogP contribution in [0.25, 0.3) is 0 Å². The lowest BCUT2D eigenvalue weighted by Gasteiger charge is -2.26. The molecule has 0 aromatic heterocycles. The third-order valence-corrected chi connectivity index (χ3v) is 6.15. The van der Waals surface area contributed by atoms with Crippen molar-refractivity contribution in [1.82, 2.24) is 10.2 Å². The maximum Gasteiger partial charge on any atom is 0.338 e. The van der Waals surface area contributed by atoms with Gasteiger partial charge in [-0.05, 0) is 37.6 Å². The van der Waals surface area contributed by atoms with Crippen LogP contribution in [0.5, 0.6) is 11.5 Å². The van der Waals surface area contributed by atoms with E-state index in [1.165, 1.54) is 24.3 Å². The van der Waals surface area contributed by atoms with Crippen LogP contribution in [0.4, 0.5) is 0 Å². The first-order chi connectivity index (χ1) is 16.0. The first-order valence-corrected chi connectivity index (χ1v) is 11.4. The molecule has 8 heteroatoms. The molecule has 174 valence electrons. The number of aromatic hydroxyl groups is 2. The fraction of sp³-hybridized carbons (Fsp3) is 0.400. The van der Waals surface area contributed by atoms with Crippen LogP contribution in [0.15, 0.2) is 30.3 Å². The van der Waals surface area contributed by atoms with Crippen molar-refractivity contribution in [3.63, 3.8) is 0 Å². The van der Waals surface area contributed by atoms with Gasteiger partial charge in [-0.1, -0.05) is 25.0 Å². The van der Waals surface area contributed by atoms with Gasteiger partial charge in [-0.25, -0.2) is 4.79 Å². The van der Waals surface area contributed by atoms with Gasteiger partial charge in [0.25, 0.3) is 0 Å². The number of nitrogens with zero attached hydrogens (tertiary/aromatic N) is 1. The van der Waals surface area contributed by atoms with Crippen LogP contribution in [0.3, 0.4) is 0 Å². The van der Waals surface area contributed by atoms with Gasteiger partial charge in [-0.2, -0.15) is 0 Å². The lowest BCUT2D eigenvalue weighted by molar-refractivity contribution is 0.0496. The topological polar surface area (TPSA) is 116 Å². The quantitative estimate of drug-likeness (QED) is 0.353. The average Bonchev–Trinajstić information content (AvgIpc) is 2.81. The van der Waals surface area contributed by atoms with Crippen LogP contribution in [-0.4, -0.2) is 72.0 Å². The number of carbonyl (C=O) groups is 3. The van der Waals surface area contributed by atoms with Gasteiger partial charge >= 0.3 is 5.97 Å². The zero-order valence-electron chi connectivity index (χ0n) is 18.4. The zero-order valence-corrected chi connectivity index (χ0v) is 18.4. The SMILES string of the molecule is O=C(OCCCCCCN1CCNCC1)c1cc(O)c2c(c1)C(=O)c1cccc(O)c1C2=O. The number of esters is 1. The third kappa shape index (κ3) is 4.91. The monoisotopic (exact) mass is 452 g/mol. The van der Waals surface area contributed by atoms with Gasteiger partial charge in [-0.15, -0.1) is 0 Å². The van der Waals surface area contributed by atoms with E-state index in [2.05, 4.69) is 10.2 Å². The highest BCUT2D eigenvalue weighted by Gasteiger charge is 2.35. The van der Waals surface area contributed by atoms with Crippen LogP contribution in [-0.2, 0) is 4.74 Å². The summed E-state index contributed by atoms with van der Waals surface area (Å²) >= 11 is 0. The number of unbranched alkanes of at least 4 members (excludes halogenated alkanes) is 3. The minimum Gasteiger partial charge on any atom is -0.507 e. The Bertz CT molecular complexity index is 1070. The van der Waals surface area contributed by atoms with Crippen molar-refractivity contribution in [1.29, 1.82) is 0 Å². The number of hydrogen-bond acceptors (Lipinski definition) is 8. The van der Waals surface area contributed by atoms with E-state index in [-0.39, 0.29) is 40.2 Å². The Balaban J connectivity index is 1.32. The zero-order chi connectivity index (χ0) is 23.4. The average molecular weight is 453 g/mol. The molecule has 33 heavy (non-hydrogen) atoms. The summed E-state index contributed by atoms with van der Waals surface area (Å²) in [5, 5.41) is 23.7. The predicted octanol–water partition coefficient (Wildman–Crippen LogP) is 2.50. The smallest absolute Gasteiger partial charge is 0.338 e. The summed E-state index contributed by atoms with van der Waals surface area (Å²) in [4.78, 5) is 40.6. The first-order valence-electron chi connectivity index (χ1n) is 11.4. The van der Waals surface area contributed by atoms with Crippen molar-refractivity contribution in [2.24, 2.45) is 0 Å². The molecule has 1 aliphatic carbocycles. The second kappa shape index (κ2) is 10.1. The van der Waals surface area contributed by atoms with E-state index >= 15 is 0 Å². The fourth-order valence-electron chi connectivity index (χ4n) is 4.37. The van der Waals surface area contributed by atoms with E-state index in [0.717, 1.165) is 64.5 Å². The summed E-state index contributed by atoms with van der Waals surface area (Å²) < 4.78 is 5.32. The van der Waals surface area contributed by atoms with Crippen molar-refractivity contribution in [3.8, 4) is 11.5 Å². The molecule has 0 unspecified atom stereocenters. The fourth-order valence-corrected chi connectivity index (χ4v) is 4.37. The summed E-state index contributed by atoms with van der Waals surface area (Å²) in [5.74, 6) is -2.66. The predicted molar refractivity (Wildman–Crippen MR) is 121 cm³/mol. The van der Waals surface area contributed by atoms with E-state index in [4.69, 9.17) is 4.74 Å². The summed E-state index contributed by atoms with van der Waals surface area (Å²) in [5.41, 5.74) is -0.376. The van der Waals surface area contributed by atoms with E-state index in [1.807, 2.05) is 0 Å². The van der Waals surface area contributed by atoms with Gasteiger partial charge in [0.2, 0.25) is 5.78 Å². The summed E-state index contributed by atoms with van der Waals surface area (Å²) in [6.07, 6.45) is 3.85. The summed E-state index contributed by atoms with van der Waals surface area (Å²) in [6, 6.07) is 6.61. The number of carbonyl (C=O) groups excluding carboxylic acids is 3. The number of fused-ring (bicyclic) bond motifs is 2. The van der Waals surface area contributed by atoms with Crippen molar-refractivity contribution >= 4 is 17.5 Å². The Hall–Kier alpha value is -3.23. The minimum absolute atomic E-state index is 0.00899. The second-order valence-electron chi connectivity index (χ2n) is 8.42. The van der Waals surface area contributed by atoms with Gasteiger partial charge < -0.3 is 25.2 Å². The Morgan fingerprint density at radius 3 is 2.42 bits per heavy atom. The molecule has 1 saturated heterocycles. The molecule has 0 amide bonds. The minimum atomic E-state index is -0.657. The third-order valence-electron chi connectivity index (χ3n) is 6.15. The molecule has 0 spiro atoms.